The summed E-state index contributed by atoms with van der Waals surface area (Å²) in [6, 6.07) is 0. The van der Waals surface area contributed by atoms with Gasteiger partial charge in [-0.1, -0.05) is 34.6 Å². The van der Waals surface area contributed by atoms with Crippen LogP contribution in [0.3, 0.4) is 0 Å². The van der Waals surface area contributed by atoms with Gasteiger partial charge in [-0.2, -0.15) is 0 Å². The quantitative estimate of drug-likeness (QED) is 0.559. The van der Waals surface area contributed by atoms with E-state index in [1.165, 1.54) is 6.32 Å². The number of hydrogen-bond acceptors (Lipinski definition) is 2. The molecule has 0 N–H and O–H groups in total. The van der Waals surface area contributed by atoms with Gasteiger partial charge in [-0.25, -0.2) is 0 Å². The van der Waals surface area contributed by atoms with Crippen LogP contribution in [-0.4, -0.2) is 42.8 Å². The fourth-order valence-electron chi connectivity index (χ4n) is 2.04. The highest BCUT2D eigenvalue weighted by Crippen LogP contribution is 2.05. The van der Waals surface area contributed by atoms with Crippen LogP contribution in [0.4, 0.5) is 0 Å². The highest BCUT2D eigenvalue weighted by atomic mass is 15.2. The molecule has 3 heteroatoms. The third-order valence-electron chi connectivity index (χ3n) is 2.83. The van der Waals surface area contributed by atoms with Gasteiger partial charge in [0.2, 0.25) is 0 Å². The molecule has 13 heavy (non-hydrogen) atoms. The fraction of sp³-hybridized carbons (Fsp3) is 1.00. The Balaban J connectivity index is 4.26. The first-order valence-electron chi connectivity index (χ1n) is 5.73. The summed E-state index contributed by atoms with van der Waals surface area (Å²) in [5.41, 5.74) is 0. The van der Waals surface area contributed by atoms with E-state index >= 15 is 0 Å². The molecule has 2 nitrogen and oxygen atoms in total. The van der Waals surface area contributed by atoms with Crippen molar-refractivity contribution in [2.75, 3.05) is 26.2 Å². The molecule has 0 heterocycles. The molecule has 0 spiro atoms. The Labute approximate surface area is 84.4 Å². The Kier molecular flexibility index (Phi) is 7.39. The Morgan fingerprint density at radius 2 is 1.00 bits per heavy atom. The molecule has 0 aliphatic carbocycles. The topological polar surface area (TPSA) is 6.48 Å². The van der Waals surface area contributed by atoms with Crippen molar-refractivity contribution in [2.24, 2.45) is 0 Å². The van der Waals surface area contributed by atoms with Crippen LogP contribution in [0, 0.1) is 0 Å². The van der Waals surface area contributed by atoms with Gasteiger partial charge in [0.05, 0.1) is 0 Å². The molecule has 0 rings (SSSR count). The summed E-state index contributed by atoms with van der Waals surface area (Å²) >= 11 is 0. The van der Waals surface area contributed by atoms with Gasteiger partial charge in [0.1, 0.15) is 0 Å². The van der Waals surface area contributed by atoms with Crippen molar-refractivity contribution < 1.29 is 0 Å². The maximum Gasteiger partial charge on any atom is 0.310 e. The van der Waals surface area contributed by atoms with Gasteiger partial charge in [0.25, 0.3) is 0 Å². The SMILES string of the molecule is CCB(N(CC)CC)N(CC)CC. The Morgan fingerprint density at radius 1 is 0.692 bits per heavy atom. The van der Waals surface area contributed by atoms with Gasteiger partial charge in [0.15, 0.2) is 0 Å². The van der Waals surface area contributed by atoms with Crippen LogP contribution in [0.2, 0.25) is 6.32 Å². The van der Waals surface area contributed by atoms with E-state index in [9.17, 15) is 0 Å². The summed E-state index contributed by atoms with van der Waals surface area (Å²) in [6.45, 7) is 16.5. The number of nitrogens with zero attached hydrogens (tertiary/aromatic N) is 2. The molecule has 0 aromatic rings. The van der Waals surface area contributed by atoms with Crippen molar-refractivity contribution in [2.45, 2.75) is 40.9 Å². The third kappa shape index (κ3) is 3.69. The molecule has 0 aromatic carbocycles. The molecule has 0 amide bonds. The highest BCUT2D eigenvalue weighted by Gasteiger charge is 2.24. The molecular weight excluding hydrogens is 159 g/mol. The van der Waals surface area contributed by atoms with E-state index < -0.39 is 0 Å². The molecule has 0 unspecified atom stereocenters. The lowest BCUT2D eigenvalue weighted by molar-refractivity contribution is 0.377. The largest absolute Gasteiger partial charge is 0.329 e. The highest BCUT2D eigenvalue weighted by molar-refractivity contribution is 6.52. The molecule has 0 aliphatic rings. The lowest BCUT2D eigenvalue weighted by Gasteiger charge is -2.34. The molecule has 0 saturated heterocycles. The predicted octanol–water partition coefficient (Wildman–Crippen LogP) is 2.18. The van der Waals surface area contributed by atoms with E-state index in [-0.39, 0.29) is 0 Å². The van der Waals surface area contributed by atoms with Crippen molar-refractivity contribution in [3.63, 3.8) is 0 Å². The lowest BCUT2D eigenvalue weighted by atomic mass is 9.68. The minimum Gasteiger partial charge on any atom is -0.329 e. The van der Waals surface area contributed by atoms with E-state index in [4.69, 9.17) is 0 Å². The van der Waals surface area contributed by atoms with Gasteiger partial charge >= 0.3 is 6.98 Å². The van der Waals surface area contributed by atoms with E-state index in [0.717, 1.165) is 26.2 Å². The summed E-state index contributed by atoms with van der Waals surface area (Å²) in [5.74, 6) is 0. The molecule has 0 bridgehead atoms. The second kappa shape index (κ2) is 7.39. The maximum absolute atomic E-state index is 2.53. The summed E-state index contributed by atoms with van der Waals surface area (Å²) in [5, 5.41) is 0. The average Bonchev–Trinajstić information content (AvgIpc) is 2.18. The van der Waals surface area contributed by atoms with Crippen LogP contribution < -0.4 is 0 Å². The molecule has 0 saturated carbocycles. The zero-order chi connectivity index (χ0) is 10.3. The van der Waals surface area contributed by atoms with Crippen molar-refractivity contribution in [3.8, 4) is 0 Å². The van der Waals surface area contributed by atoms with Crippen LogP contribution in [0.15, 0.2) is 0 Å². The second-order valence-electron chi connectivity index (χ2n) is 3.33. The first kappa shape index (κ1) is 13.0. The van der Waals surface area contributed by atoms with Crippen LogP contribution in [0.25, 0.3) is 0 Å². The summed E-state index contributed by atoms with van der Waals surface area (Å²) in [6.07, 6.45) is 1.23. The van der Waals surface area contributed by atoms with Gasteiger partial charge < -0.3 is 9.62 Å². The van der Waals surface area contributed by atoms with Crippen LogP contribution in [0.1, 0.15) is 34.6 Å². The van der Waals surface area contributed by atoms with Crippen LogP contribution in [0.5, 0.6) is 0 Å². The summed E-state index contributed by atoms with van der Waals surface area (Å²) in [7, 11) is 0. The third-order valence-corrected chi connectivity index (χ3v) is 2.83. The molecule has 0 fully saturated rings. The van der Waals surface area contributed by atoms with E-state index in [2.05, 4.69) is 44.2 Å². The van der Waals surface area contributed by atoms with Crippen LogP contribution >= 0.6 is 0 Å². The van der Waals surface area contributed by atoms with Gasteiger partial charge in [0, 0.05) is 0 Å². The Bertz CT molecular complexity index is 99.5. The standard InChI is InChI=1S/C10H25BN2/c1-6-11(12(7-2)8-3)13(9-4)10-5/h6-10H2,1-5H3. The maximum atomic E-state index is 2.53. The lowest BCUT2D eigenvalue weighted by Crippen LogP contribution is -2.52. The fourth-order valence-corrected chi connectivity index (χ4v) is 2.04. The molecule has 0 aromatic heterocycles. The Hall–Kier alpha value is -0.0151. The van der Waals surface area contributed by atoms with Crippen molar-refractivity contribution >= 4 is 6.98 Å². The monoisotopic (exact) mass is 184 g/mol. The predicted molar refractivity (Wildman–Crippen MR) is 62.1 cm³/mol. The van der Waals surface area contributed by atoms with Crippen molar-refractivity contribution in [3.05, 3.63) is 0 Å². The second-order valence-corrected chi connectivity index (χ2v) is 3.33. The first-order valence-corrected chi connectivity index (χ1v) is 5.73. The summed E-state index contributed by atoms with van der Waals surface area (Å²) in [4.78, 5) is 5.07. The molecule has 78 valence electrons. The first-order chi connectivity index (χ1) is 6.24. The average molecular weight is 184 g/mol. The number of rotatable bonds is 7. The number of hydrogen-bond donors (Lipinski definition) is 0. The molecule has 0 radical (unpaired) electrons. The minimum atomic E-state index is 0.644. The normalized spacial score (nSPS) is 11.3. The van der Waals surface area contributed by atoms with E-state index in [1.807, 2.05) is 0 Å². The molecule has 0 atom stereocenters. The molecule has 0 aliphatic heterocycles. The Morgan fingerprint density at radius 3 is 1.15 bits per heavy atom. The summed E-state index contributed by atoms with van der Waals surface area (Å²) < 4.78 is 0. The van der Waals surface area contributed by atoms with Crippen molar-refractivity contribution in [1.82, 2.24) is 9.62 Å². The minimum absolute atomic E-state index is 0.644. The van der Waals surface area contributed by atoms with Gasteiger partial charge in [-0.05, 0) is 32.5 Å². The van der Waals surface area contributed by atoms with Crippen LogP contribution in [-0.2, 0) is 0 Å². The van der Waals surface area contributed by atoms with E-state index in [0.29, 0.717) is 6.98 Å². The zero-order valence-corrected chi connectivity index (χ0v) is 10.0. The zero-order valence-electron chi connectivity index (χ0n) is 10.0. The van der Waals surface area contributed by atoms with Gasteiger partial charge in [-0.15, -0.1) is 0 Å². The smallest absolute Gasteiger partial charge is 0.310 e. The van der Waals surface area contributed by atoms with Gasteiger partial charge in [-0.3, -0.25) is 0 Å². The molecular formula is C10H25BN2. The van der Waals surface area contributed by atoms with E-state index in [1.54, 1.807) is 0 Å². The van der Waals surface area contributed by atoms with Crippen molar-refractivity contribution in [1.29, 1.82) is 0 Å².